The Morgan fingerprint density at radius 2 is 1.53 bits per heavy atom. The minimum Gasteiger partial charge on any atom is -0.497 e. The molecule has 0 radical (unpaired) electrons. The monoisotopic (exact) mass is 447 g/mol. The highest BCUT2D eigenvalue weighted by Crippen LogP contribution is 2.37. The molecule has 0 spiro atoms. The van der Waals surface area contributed by atoms with Crippen LogP contribution in [0.4, 0.5) is 4.39 Å². The predicted octanol–water partition coefficient (Wildman–Crippen LogP) is 5.09. The summed E-state index contributed by atoms with van der Waals surface area (Å²) in [7, 11) is 1.61. The number of amides is 2. The number of methoxy groups -OCH3 is 1. The van der Waals surface area contributed by atoms with Crippen molar-refractivity contribution in [3.8, 4) is 5.75 Å². The molecule has 3 aromatic rings. The van der Waals surface area contributed by atoms with E-state index in [-0.39, 0.29) is 24.2 Å². The summed E-state index contributed by atoms with van der Waals surface area (Å²) in [6.45, 7) is 0.268. The van der Waals surface area contributed by atoms with E-state index in [0.717, 1.165) is 16.9 Å². The lowest BCUT2D eigenvalue weighted by Gasteiger charge is -2.15. The summed E-state index contributed by atoms with van der Waals surface area (Å²) in [5, 5.41) is 0. The molecule has 0 aliphatic carbocycles. The molecule has 0 saturated heterocycles. The Morgan fingerprint density at radius 1 is 0.844 bits per heavy atom. The molecule has 1 aliphatic rings. The second-order valence-electron chi connectivity index (χ2n) is 7.35. The zero-order valence-corrected chi connectivity index (χ0v) is 18.4. The molecule has 0 N–H and O–H groups in total. The maximum atomic E-state index is 13.5. The maximum absolute atomic E-state index is 13.5. The molecule has 1 heterocycles. The van der Waals surface area contributed by atoms with Gasteiger partial charge in [0.25, 0.3) is 11.8 Å². The number of ether oxygens (including phenoxy) is 1. The lowest BCUT2D eigenvalue weighted by atomic mass is 10.1. The fourth-order valence-electron chi connectivity index (χ4n) is 3.52. The average molecular weight is 448 g/mol. The van der Waals surface area contributed by atoms with E-state index in [1.54, 1.807) is 19.2 Å². The first-order valence-corrected chi connectivity index (χ1v) is 11.2. The average Bonchev–Trinajstić information content (AvgIpc) is 3.06. The molecule has 0 bridgehead atoms. The van der Waals surface area contributed by atoms with E-state index in [4.69, 9.17) is 4.74 Å². The zero-order valence-electron chi connectivity index (χ0n) is 17.6. The molecule has 1 aliphatic heterocycles. The van der Waals surface area contributed by atoms with Gasteiger partial charge in [-0.05, 0) is 47.4 Å². The molecule has 0 aromatic heterocycles. The van der Waals surface area contributed by atoms with Crippen molar-refractivity contribution in [3.63, 3.8) is 0 Å². The summed E-state index contributed by atoms with van der Waals surface area (Å²) in [4.78, 5) is 28.2. The third-order valence-electron chi connectivity index (χ3n) is 5.27. The lowest BCUT2D eigenvalue weighted by molar-refractivity contribution is -0.136. The second kappa shape index (κ2) is 9.83. The molecule has 0 atom stereocenters. The van der Waals surface area contributed by atoms with Crippen LogP contribution in [0.25, 0.3) is 5.57 Å². The van der Waals surface area contributed by atoms with E-state index < -0.39 is 0 Å². The third kappa shape index (κ3) is 4.75. The molecule has 0 saturated carbocycles. The van der Waals surface area contributed by atoms with Gasteiger partial charge in [-0.25, -0.2) is 4.39 Å². The van der Waals surface area contributed by atoms with E-state index in [1.807, 2.05) is 54.6 Å². The molecular formula is C26H22FNO3S. The van der Waals surface area contributed by atoms with Crippen molar-refractivity contribution in [1.82, 2.24) is 4.90 Å². The normalized spacial score (nSPS) is 13.8. The van der Waals surface area contributed by atoms with Crippen molar-refractivity contribution in [2.45, 2.75) is 12.2 Å². The van der Waals surface area contributed by atoms with Gasteiger partial charge in [0.15, 0.2) is 0 Å². The number of thioether (sulfide) groups is 1. The topological polar surface area (TPSA) is 46.6 Å². The summed E-state index contributed by atoms with van der Waals surface area (Å²) in [6, 6.07) is 23.0. The Bertz CT molecular complexity index is 1140. The molecule has 6 heteroatoms. The SMILES string of the molecule is COc1ccc(CCN2C(=O)C(SCc3ccccc3)=C(c3ccc(F)cc3)C2=O)cc1. The van der Waals surface area contributed by atoms with Gasteiger partial charge in [-0.1, -0.05) is 54.6 Å². The van der Waals surface area contributed by atoms with Crippen molar-refractivity contribution in [2.24, 2.45) is 0 Å². The van der Waals surface area contributed by atoms with Crippen molar-refractivity contribution >= 4 is 29.1 Å². The minimum absolute atomic E-state index is 0.268. The van der Waals surface area contributed by atoms with Crippen LogP contribution in [0.15, 0.2) is 83.8 Å². The van der Waals surface area contributed by atoms with E-state index in [9.17, 15) is 14.0 Å². The van der Waals surface area contributed by atoms with Crippen molar-refractivity contribution in [3.05, 3.63) is 106 Å². The van der Waals surface area contributed by atoms with E-state index in [0.29, 0.717) is 28.2 Å². The van der Waals surface area contributed by atoms with Crippen LogP contribution >= 0.6 is 11.8 Å². The van der Waals surface area contributed by atoms with Crippen molar-refractivity contribution in [2.75, 3.05) is 13.7 Å². The Kier molecular flexibility index (Phi) is 6.71. The van der Waals surface area contributed by atoms with Gasteiger partial charge < -0.3 is 4.74 Å². The lowest BCUT2D eigenvalue weighted by Crippen LogP contribution is -2.33. The van der Waals surface area contributed by atoms with Gasteiger partial charge in [0.2, 0.25) is 0 Å². The first-order chi connectivity index (χ1) is 15.6. The first-order valence-electron chi connectivity index (χ1n) is 10.2. The smallest absolute Gasteiger partial charge is 0.268 e. The highest BCUT2D eigenvalue weighted by molar-refractivity contribution is 8.03. The first kappa shape index (κ1) is 21.8. The Morgan fingerprint density at radius 3 is 2.19 bits per heavy atom. The number of hydrogen-bond acceptors (Lipinski definition) is 4. The van der Waals surface area contributed by atoms with Gasteiger partial charge in [-0.3, -0.25) is 14.5 Å². The zero-order chi connectivity index (χ0) is 22.5. The summed E-state index contributed by atoms with van der Waals surface area (Å²) in [5.74, 6) is 0.281. The van der Waals surface area contributed by atoms with Gasteiger partial charge >= 0.3 is 0 Å². The molecule has 2 amide bonds. The Hall–Kier alpha value is -3.38. The highest BCUT2D eigenvalue weighted by atomic mass is 32.2. The number of rotatable bonds is 8. The molecule has 32 heavy (non-hydrogen) atoms. The van der Waals surface area contributed by atoms with Gasteiger partial charge in [-0.15, -0.1) is 11.8 Å². The van der Waals surface area contributed by atoms with Gasteiger partial charge in [-0.2, -0.15) is 0 Å². The van der Waals surface area contributed by atoms with E-state index in [1.165, 1.54) is 28.8 Å². The summed E-state index contributed by atoms with van der Waals surface area (Å²) in [6.07, 6.45) is 0.537. The second-order valence-corrected chi connectivity index (χ2v) is 8.33. The van der Waals surface area contributed by atoms with Crippen LogP contribution in [0.5, 0.6) is 5.75 Å². The van der Waals surface area contributed by atoms with Crippen LogP contribution in [0.2, 0.25) is 0 Å². The van der Waals surface area contributed by atoms with Crippen molar-refractivity contribution in [1.29, 1.82) is 0 Å². The van der Waals surface area contributed by atoms with E-state index >= 15 is 0 Å². The van der Waals surface area contributed by atoms with Crippen LogP contribution in [0.1, 0.15) is 16.7 Å². The van der Waals surface area contributed by atoms with Crippen LogP contribution in [0, 0.1) is 5.82 Å². The predicted molar refractivity (Wildman–Crippen MR) is 124 cm³/mol. The van der Waals surface area contributed by atoms with E-state index in [2.05, 4.69) is 0 Å². The quantitative estimate of drug-likeness (QED) is 0.451. The number of carbonyl (C=O) groups excluding carboxylic acids is 2. The number of imide groups is 1. The van der Waals surface area contributed by atoms with Crippen LogP contribution in [-0.4, -0.2) is 30.4 Å². The van der Waals surface area contributed by atoms with Gasteiger partial charge in [0.1, 0.15) is 11.6 Å². The maximum Gasteiger partial charge on any atom is 0.268 e. The van der Waals surface area contributed by atoms with Crippen molar-refractivity contribution < 1.29 is 18.7 Å². The van der Waals surface area contributed by atoms with Crippen LogP contribution < -0.4 is 4.74 Å². The molecule has 162 valence electrons. The molecule has 4 rings (SSSR count). The van der Waals surface area contributed by atoms with Crippen LogP contribution in [-0.2, 0) is 21.8 Å². The number of hydrogen-bond donors (Lipinski definition) is 0. The van der Waals surface area contributed by atoms with Crippen LogP contribution in [0.3, 0.4) is 0 Å². The standard InChI is InChI=1S/C26H22FNO3S/c1-31-22-13-7-18(8-14-22)15-16-28-25(29)23(20-9-11-21(27)12-10-20)24(26(28)30)32-17-19-5-3-2-4-6-19/h2-14H,15-17H2,1H3. The Balaban J connectivity index is 1.57. The molecule has 3 aromatic carbocycles. The molecule has 0 unspecified atom stereocenters. The summed E-state index contributed by atoms with van der Waals surface area (Å²) in [5.41, 5.74) is 2.94. The largest absolute Gasteiger partial charge is 0.497 e. The Labute approximate surface area is 190 Å². The highest BCUT2D eigenvalue weighted by Gasteiger charge is 2.38. The third-order valence-corrected chi connectivity index (χ3v) is 6.41. The molecule has 4 nitrogen and oxygen atoms in total. The fraction of sp³-hybridized carbons (Fsp3) is 0.154. The number of benzene rings is 3. The number of halogens is 1. The summed E-state index contributed by atoms with van der Waals surface area (Å²) < 4.78 is 18.6. The molecular weight excluding hydrogens is 425 g/mol. The molecule has 0 fully saturated rings. The van der Waals surface area contributed by atoms with Gasteiger partial charge in [0, 0.05) is 12.3 Å². The summed E-state index contributed by atoms with van der Waals surface area (Å²) >= 11 is 1.34. The number of carbonyl (C=O) groups is 2. The minimum atomic E-state index is -0.388. The number of nitrogens with zero attached hydrogens (tertiary/aromatic N) is 1. The fourth-order valence-corrected chi connectivity index (χ4v) is 4.61. The van der Waals surface area contributed by atoms with Gasteiger partial charge in [0.05, 0.1) is 17.6 Å².